The first-order valence-electron chi connectivity index (χ1n) is 32.1. The van der Waals surface area contributed by atoms with Crippen LogP contribution in [0.2, 0.25) is 0 Å². The number of likely N-dealkylation sites (N-methyl/N-ethyl adjacent to an activating group) is 1. The fourth-order valence-corrected chi connectivity index (χ4v) is 9.56. The first-order chi connectivity index (χ1) is 37.9. The smallest absolute Gasteiger partial charge is 0.456 e. The molecule has 1 amide bonds. The molecule has 0 saturated heterocycles. The number of phosphoric ester groups is 1. The molecule has 0 aromatic carbocycles. The normalized spacial score (nSPS) is 14.3. The van der Waals surface area contributed by atoms with E-state index in [0.717, 1.165) is 103 Å². The molecule has 0 aliphatic rings. The molecule has 3 atom stereocenters. The molecule has 10 heteroatoms. The van der Waals surface area contributed by atoms with Gasteiger partial charge in [-0.05, 0) is 109 Å². The molecule has 0 spiro atoms. The van der Waals surface area contributed by atoms with E-state index in [1.807, 2.05) is 33.3 Å². The third kappa shape index (κ3) is 57.6. The van der Waals surface area contributed by atoms with E-state index < -0.39 is 20.0 Å². The summed E-state index contributed by atoms with van der Waals surface area (Å²) in [5, 5.41) is 3.04. The number of carbonyl (C=O) groups excluding carboxylic acids is 2. The summed E-state index contributed by atoms with van der Waals surface area (Å²) in [6.45, 7) is 6.85. The Kier molecular flexibility index (Phi) is 54.9. The van der Waals surface area contributed by atoms with E-state index in [1.165, 1.54) is 128 Å². The van der Waals surface area contributed by atoms with Gasteiger partial charge in [-0.3, -0.25) is 18.6 Å². The fourth-order valence-electron chi connectivity index (χ4n) is 8.82. The topological polar surface area (TPSA) is 111 Å². The lowest BCUT2D eigenvalue weighted by Crippen LogP contribution is -2.47. The number of carbonyl (C=O) groups is 2. The molecular formula is C68H122N2O7P+. The predicted molar refractivity (Wildman–Crippen MR) is 337 cm³/mol. The molecule has 0 bridgehead atoms. The molecule has 0 heterocycles. The van der Waals surface area contributed by atoms with Crippen molar-refractivity contribution in [1.82, 2.24) is 5.32 Å². The molecule has 0 radical (unpaired) electrons. The number of esters is 1. The van der Waals surface area contributed by atoms with Gasteiger partial charge in [0.15, 0.2) is 0 Å². The van der Waals surface area contributed by atoms with E-state index in [9.17, 15) is 19.0 Å². The van der Waals surface area contributed by atoms with Crippen LogP contribution in [0.3, 0.4) is 0 Å². The fraction of sp³-hybridized carbons (Fsp3) is 0.735. The summed E-state index contributed by atoms with van der Waals surface area (Å²) in [7, 11) is 1.46. The van der Waals surface area contributed by atoms with Gasteiger partial charge in [0, 0.05) is 12.8 Å². The van der Waals surface area contributed by atoms with Crippen LogP contribution in [0.15, 0.2) is 97.2 Å². The molecular weight excluding hydrogens is 988 g/mol. The van der Waals surface area contributed by atoms with Crippen molar-refractivity contribution in [2.75, 3.05) is 40.9 Å². The number of ether oxygens (including phenoxy) is 1. The Labute approximate surface area is 481 Å². The minimum Gasteiger partial charge on any atom is -0.456 e. The molecule has 9 nitrogen and oxygen atoms in total. The van der Waals surface area contributed by atoms with Gasteiger partial charge in [-0.15, -0.1) is 0 Å². The Hall–Kier alpha value is -3.07. The Bertz CT molecular complexity index is 1660. The highest BCUT2D eigenvalue weighted by Crippen LogP contribution is 2.43. The van der Waals surface area contributed by atoms with E-state index >= 15 is 0 Å². The highest BCUT2D eigenvalue weighted by atomic mass is 31.2. The van der Waals surface area contributed by atoms with Crippen LogP contribution in [-0.2, 0) is 27.9 Å². The number of hydrogen-bond acceptors (Lipinski definition) is 6. The quantitative estimate of drug-likeness (QED) is 0.0205. The SMILES string of the molecule is CC/C=C/C/C=C/C/C=C/C/C=C/CCCCCC(=O)NC(COP(=O)(O)OCC[N+](C)(C)C)C(/C=C\CCCCCCCCCCCCC)OC(=O)CCCCCCCCCCCC/C=C\C/C=C\C/C=C\CCCCC. The Morgan fingerprint density at radius 3 is 1.27 bits per heavy atom. The van der Waals surface area contributed by atoms with Crippen LogP contribution < -0.4 is 5.32 Å². The molecule has 78 heavy (non-hydrogen) atoms. The zero-order valence-corrected chi connectivity index (χ0v) is 52.3. The second kappa shape index (κ2) is 57.2. The summed E-state index contributed by atoms with van der Waals surface area (Å²) >= 11 is 0. The summed E-state index contributed by atoms with van der Waals surface area (Å²) in [5.74, 6) is -0.547. The highest BCUT2D eigenvalue weighted by molar-refractivity contribution is 7.47. The van der Waals surface area contributed by atoms with Gasteiger partial charge in [0.05, 0.1) is 33.8 Å². The number of nitrogens with zero attached hydrogens (tertiary/aromatic N) is 1. The number of allylic oxidation sites excluding steroid dienone is 15. The zero-order chi connectivity index (χ0) is 57.2. The predicted octanol–water partition coefficient (Wildman–Crippen LogP) is 19.9. The van der Waals surface area contributed by atoms with Crippen molar-refractivity contribution >= 4 is 19.7 Å². The summed E-state index contributed by atoms with van der Waals surface area (Å²) in [5.41, 5.74) is 0. The highest BCUT2D eigenvalue weighted by Gasteiger charge is 2.30. The maximum atomic E-state index is 13.5. The van der Waals surface area contributed by atoms with Crippen LogP contribution in [0.1, 0.15) is 271 Å². The number of rotatable bonds is 57. The monoisotopic (exact) mass is 1110 g/mol. The zero-order valence-electron chi connectivity index (χ0n) is 51.4. The van der Waals surface area contributed by atoms with Gasteiger partial charge in [-0.2, -0.15) is 0 Å². The van der Waals surface area contributed by atoms with Crippen molar-refractivity contribution in [2.45, 2.75) is 283 Å². The van der Waals surface area contributed by atoms with Gasteiger partial charge in [-0.25, -0.2) is 4.57 Å². The van der Waals surface area contributed by atoms with Crippen molar-refractivity contribution in [1.29, 1.82) is 0 Å². The minimum atomic E-state index is -4.46. The Morgan fingerprint density at radius 2 is 0.821 bits per heavy atom. The molecule has 0 aromatic rings. The van der Waals surface area contributed by atoms with E-state index in [2.05, 4.69) is 111 Å². The average molecular weight is 1110 g/mol. The van der Waals surface area contributed by atoms with Crippen molar-refractivity contribution < 1.29 is 37.3 Å². The maximum Gasteiger partial charge on any atom is 0.472 e. The Balaban J connectivity index is 5.26. The average Bonchev–Trinajstić information content (AvgIpc) is 3.40. The number of quaternary nitrogens is 1. The van der Waals surface area contributed by atoms with Crippen molar-refractivity contribution in [3.8, 4) is 0 Å². The summed E-state index contributed by atoms with van der Waals surface area (Å²) in [6, 6.07) is -0.872. The molecule has 0 fully saturated rings. The second-order valence-corrected chi connectivity index (χ2v) is 24.0. The van der Waals surface area contributed by atoms with E-state index in [4.69, 9.17) is 13.8 Å². The lowest BCUT2D eigenvalue weighted by atomic mass is 10.0. The van der Waals surface area contributed by atoms with Crippen molar-refractivity contribution in [3.63, 3.8) is 0 Å². The molecule has 2 N–H and O–H groups in total. The molecule has 0 rings (SSSR count). The van der Waals surface area contributed by atoms with Gasteiger partial charge in [0.1, 0.15) is 19.3 Å². The molecule has 0 aromatic heterocycles. The molecule has 0 aliphatic heterocycles. The molecule has 450 valence electrons. The number of nitrogens with one attached hydrogen (secondary N) is 1. The number of hydrogen-bond donors (Lipinski definition) is 2. The van der Waals surface area contributed by atoms with Crippen LogP contribution in [0.25, 0.3) is 0 Å². The van der Waals surface area contributed by atoms with Crippen LogP contribution in [0.5, 0.6) is 0 Å². The van der Waals surface area contributed by atoms with E-state index in [-0.39, 0.29) is 31.5 Å². The van der Waals surface area contributed by atoms with Crippen LogP contribution in [-0.4, -0.2) is 74.3 Å². The third-order valence-electron chi connectivity index (χ3n) is 13.8. The van der Waals surface area contributed by atoms with E-state index in [1.54, 1.807) is 0 Å². The standard InChI is InChI=1S/C68H121N2O7P/c1-7-10-13-16-19-22-25-28-30-32-33-34-35-36-37-38-40-43-46-49-52-55-58-61-68(72)77-66(59-56-53-50-47-44-41-27-24-21-18-15-12-9-3)65(64-76-78(73,74)75-63-62-70(4,5)6)69-67(71)60-57-54-51-48-45-42-39-31-29-26-23-20-17-14-11-8-2/h11,14,19-20,22-23,28-31,33-34,42,45,56,59,65-66H,7-10,12-13,15-18,21,24-27,32,35-41,43-44,46-55,57-58,60-64H2,1-6H3,(H-,69,71,73,74)/p+1/b14-11+,22-19-,23-20+,30-28-,31-29+,34-33-,45-42+,59-56-. The van der Waals surface area contributed by atoms with E-state index in [0.29, 0.717) is 23.9 Å². The van der Waals surface area contributed by atoms with Crippen LogP contribution >= 0.6 is 7.82 Å². The third-order valence-corrected chi connectivity index (χ3v) is 14.7. The van der Waals surface area contributed by atoms with Crippen molar-refractivity contribution in [3.05, 3.63) is 97.2 Å². The van der Waals surface area contributed by atoms with Gasteiger partial charge >= 0.3 is 13.8 Å². The van der Waals surface area contributed by atoms with Gasteiger partial charge in [-0.1, -0.05) is 247 Å². The first-order valence-corrected chi connectivity index (χ1v) is 33.6. The van der Waals surface area contributed by atoms with Crippen molar-refractivity contribution in [2.24, 2.45) is 0 Å². The number of phosphoric acid groups is 1. The summed E-state index contributed by atoms with van der Waals surface area (Å²) in [4.78, 5) is 37.8. The number of amides is 1. The van der Waals surface area contributed by atoms with Gasteiger partial charge in [0.25, 0.3) is 0 Å². The maximum absolute atomic E-state index is 13.5. The van der Waals surface area contributed by atoms with Gasteiger partial charge < -0.3 is 19.4 Å². The largest absolute Gasteiger partial charge is 0.472 e. The summed E-state index contributed by atoms with van der Waals surface area (Å²) < 4.78 is 30.7. The summed E-state index contributed by atoms with van der Waals surface area (Å²) in [6.07, 6.45) is 76.9. The number of unbranched alkanes of at least 4 members (excludes halogenated alkanes) is 27. The second-order valence-electron chi connectivity index (χ2n) is 22.5. The minimum absolute atomic E-state index is 0.0290. The Morgan fingerprint density at radius 1 is 0.462 bits per heavy atom. The molecule has 0 aliphatic carbocycles. The molecule has 3 unspecified atom stereocenters. The van der Waals surface area contributed by atoms with Crippen LogP contribution in [0.4, 0.5) is 0 Å². The molecule has 0 saturated carbocycles. The lowest BCUT2D eigenvalue weighted by molar-refractivity contribution is -0.870. The van der Waals surface area contributed by atoms with Gasteiger partial charge in [0.2, 0.25) is 5.91 Å². The first kappa shape index (κ1) is 74.9. The lowest BCUT2D eigenvalue weighted by Gasteiger charge is -2.27. The van der Waals surface area contributed by atoms with Crippen LogP contribution in [0, 0.1) is 0 Å².